The number of ether oxygens (including phenoxy) is 1. The third-order valence-electron chi connectivity index (χ3n) is 2.11. The second kappa shape index (κ2) is 5.75. The molecular weight excluding hydrogens is 226 g/mol. The average Bonchev–Trinajstić information content (AvgIpc) is 2.23. The molecule has 90 valence electrons. The molecule has 0 saturated heterocycles. The molecule has 0 aromatic heterocycles. The maximum absolute atomic E-state index is 10.9. The van der Waals surface area contributed by atoms with Gasteiger partial charge in [-0.3, -0.25) is 0 Å². The van der Waals surface area contributed by atoms with Crippen LogP contribution < -0.4 is 10.1 Å². The monoisotopic (exact) mass is 243 g/mol. The van der Waals surface area contributed by atoms with Crippen LogP contribution in [0.25, 0.3) is 0 Å². The molecule has 0 aliphatic carbocycles. The molecule has 0 spiro atoms. The Hall–Kier alpha value is -1.23. The van der Waals surface area contributed by atoms with Crippen LogP contribution in [0.2, 0.25) is 0 Å². The Labute approximate surface area is 96.5 Å². The normalized spacial score (nSPS) is 11.1. The third-order valence-corrected chi connectivity index (χ3v) is 3.14. The second-order valence-electron chi connectivity index (χ2n) is 3.61. The molecule has 1 N–H and O–H groups in total. The molecule has 16 heavy (non-hydrogen) atoms. The summed E-state index contributed by atoms with van der Waals surface area (Å²) in [4.78, 5) is 0. The van der Waals surface area contributed by atoms with Crippen LogP contribution in [0.3, 0.4) is 0 Å². The van der Waals surface area contributed by atoms with Gasteiger partial charge >= 0.3 is 0 Å². The number of para-hydroxylation sites is 2. The molecule has 0 heterocycles. The van der Waals surface area contributed by atoms with Gasteiger partial charge in [-0.05, 0) is 18.6 Å². The molecule has 1 aromatic rings. The number of benzene rings is 1. The van der Waals surface area contributed by atoms with E-state index < -0.39 is 9.84 Å². The zero-order chi connectivity index (χ0) is 12.0. The first-order valence-electron chi connectivity index (χ1n) is 5.07. The molecule has 1 aromatic carbocycles. The van der Waals surface area contributed by atoms with Crippen LogP contribution in [0.1, 0.15) is 6.42 Å². The summed E-state index contributed by atoms with van der Waals surface area (Å²) in [5.41, 5.74) is 0.888. The lowest BCUT2D eigenvalue weighted by molar-refractivity contribution is 0.416. The first-order chi connectivity index (χ1) is 7.53. The molecule has 5 heteroatoms. The molecule has 0 radical (unpaired) electrons. The number of rotatable bonds is 6. The van der Waals surface area contributed by atoms with Crippen LogP contribution in [0, 0.1) is 0 Å². The van der Waals surface area contributed by atoms with Crippen molar-refractivity contribution >= 4 is 15.5 Å². The molecule has 0 aliphatic heterocycles. The molecule has 4 nitrogen and oxygen atoms in total. The van der Waals surface area contributed by atoms with E-state index in [2.05, 4.69) is 5.32 Å². The summed E-state index contributed by atoms with van der Waals surface area (Å²) in [6, 6.07) is 7.56. The fourth-order valence-electron chi connectivity index (χ4n) is 1.35. The number of hydrogen-bond acceptors (Lipinski definition) is 4. The van der Waals surface area contributed by atoms with Crippen molar-refractivity contribution < 1.29 is 13.2 Å². The van der Waals surface area contributed by atoms with Crippen LogP contribution in [0.4, 0.5) is 5.69 Å². The van der Waals surface area contributed by atoms with E-state index in [4.69, 9.17) is 4.74 Å². The number of nitrogens with one attached hydrogen (secondary N) is 1. The van der Waals surface area contributed by atoms with Crippen LogP contribution in [-0.2, 0) is 9.84 Å². The van der Waals surface area contributed by atoms with E-state index in [0.29, 0.717) is 13.0 Å². The van der Waals surface area contributed by atoms with E-state index in [0.717, 1.165) is 11.4 Å². The lowest BCUT2D eigenvalue weighted by Crippen LogP contribution is -2.10. The number of sulfone groups is 1. The summed E-state index contributed by atoms with van der Waals surface area (Å²) in [6.45, 7) is 0.618. The SMILES string of the molecule is COc1ccccc1NCCCS(C)(=O)=O. The van der Waals surface area contributed by atoms with Gasteiger partial charge in [0.25, 0.3) is 0 Å². The lowest BCUT2D eigenvalue weighted by Gasteiger charge is -2.10. The Morgan fingerprint density at radius 1 is 1.31 bits per heavy atom. The maximum Gasteiger partial charge on any atom is 0.147 e. The molecule has 0 saturated carbocycles. The fraction of sp³-hybridized carbons (Fsp3) is 0.455. The van der Waals surface area contributed by atoms with Gasteiger partial charge in [0.05, 0.1) is 18.6 Å². The van der Waals surface area contributed by atoms with Gasteiger partial charge in [0.1, 0.15) is 15.6 Å². The molecular formula is C11H17NO3S. The number of anilines is 1. The van der Waals surface area contributed by atoms with E-state index in [1.54, 1.807) is 7.11 Å². The third kappa shape index (κ3) is 4.53. The van der Waals surface area contributed by atoms with Gasteiger partial charge in [0.15, 0.2) is 0 Å². The molecule has 1 rings (SSSR count). The number of hydrogen-bond donors (Lipinski definition) is 1. The summed E-state index contributed by atoms with van der Waals surface area (Å²) in [6.07, 6.45) is 1.84. The van der Waals surface area contributed by atoms with E-state index in [1.807, 2.05) is 24.3 Å². The van der Waals surface area contributed by atoms with Gasteiger partial charge in [-0.2, -0.15) is 0 Å². The first kappa shape index (κ1) is 12.8. The predicted octanol–water partition coefficient (Wildman–Crippen LogP) is 1.54. The quantitative estimate of drug-likeness (QED) is 0.770. The average molecular weight is 243 g/mol. The highest BCUT2D eigenvalue weighted by atomic mass is 32.2. The van der Waals surface area contributed by atoms with Crippen molar-refractivity contribution in [3.63, 3.8) is 0 Å². The van der Waals surface area contributed by atoms with E-state index in [1.165, 1.54) is 6.26 Å². The van der Waals surface area contributed by atoms with Crippen molar-refractivity contribution in [1.82, 2.24) is 0 Å². The molecule has 0 atom stereocenters. The maximum atomic E-state index is 10.9. The van der Waals surface area contributed by atoms with Crippen molar-refractivity contribution in [1.29, 1.82) is 0 Å². The van der Waals surface area contributed by atoms with Crippen molar-refractivity contribution in [2.45, 2.75) is 6.42 Å². The van der Waals surface area contributed by atoms with Gasteiger partial charge in [-0.15, -0.1) is 0 Å². The minimum absolute atomic E-state index is 0.204. The van der Waals surface area contributed by atoms with E-state index in [-0.39, 0.29) is 5.75 Å². The number of methoxy groups -OCH3 is 1. The zero-order valence-corrected chi connectivity index (χ0v) is 10.4. The standard InChI is InChI=1S/C11H17NO3S/c1-15-11-7-4-3-6-10(11)12-8-5-9-16(2,13)14/h3-4,6-7,12H,5,8-9H2,1-2H3. The second-order valence-corrected chi connectivity index (χ2v) is 5.87. The van der Waals surface area contributed by atoms with Gasteiger partial charge < -0.3 is 10.1 Å². The summed E-state index contributed by atoms with van der Waals surface area (Å²) < 4.78 is 27.0. The molecule has 0 fully saturated rings. The molecule has 0 aliphatic rings. The summed E-state index contributed by atoms with van der Waals surface area (Å²) in [5, 5.41) is 3.15. The van der Waals surface area contributed by atoms with Crippen LogP contribution in [0.5, 0.6) is 5.75 Å². The predicted molar refractivity (Wildman–Crippen MR) is 65.8 cm³/mol. The molecule has 0 amide bonds. The van der Waals surface area contributed by atoms with Gasteiger partial charge in [0, 0.05) is 12.8 Å². The Kier molecular flexibility index (Phi) is 4.61. The van der Waals surface area contributed by atoms with Gasteiger partial charge in [-0.25, -0.2) is 8.42 Å². The Morgan fingerprint density at radius 2 is 2.00 bits per heavy atom. The minimum atomic E-state index is -2.87. The topological polar surface area (TPSA) is 55.4 Å². The Morgan fingerprint density at radius 3 is 2.62 bits per heavy atom. The Balaban J connectivity index is 2.43. The zero-order valence-electron chi connectivity index (χ0n) is 9.56. The summed E-state index contributed by atoms with van der Waals surface area (Å²) in [7, 11) is -1.26. The summed E-state index contributed by atoms with van der Waals surface area (Å²) in [5.74, 6) is 0.969. The highest BCUT2D eigenvalue weighted by Crippen LogP contribution is 2.22. The summed E-state index contributed by atoms with van der Waals surface area (Å²) >= 11 is 0. The van der Waals surface area contributed by atoms with Crippen LogP contribution in [-0.4, -0.2) is 34.1 Å². The minimum Gasteiger partial charge on any atom is -0.495 e. The van der Waals surface area contributed by atoms with E-state index in [9.17, 15) is 8.42 Å². The van der Waals surface area contributed by atoms with Gasteiger partial charge in [0.2, 0.25) is 0 Å². The van der Waals surface area contributed by atoms with Crippen molar-refractivity contribution in [3.05, 3.63) is 24.3 Å². The molecule has 0 unspecified atom stereocenters. The van der Waals surface area contributed by atoms with E-state index >= 15 is 0 Å². The molecule has 0 bridgehead atoms. The largest absolute Gasteiger partial charge is 0.495 e. The van der Waals surface area contributed by atoms with Crippen molar-refractivity contribution in [2.75, 3.05) is 31.0 Å². The highest BCUT2D eigenvalue weighted by Gasteiger charge is 2.03. The first-order valence-corrected chi connectivity index (χ1v) is 7.13. The lowest BCUT2D eigenvalue weighted by atomic mass is 10.3. The van der Waals surface area contributed by atoms with Crippen molar-refractivity contribution in [2.24, 2.45) is 0 Å². The highest BCUT2D eigenvalue weighted by molar-refractivity contribution is 7.90. The van der Waals surface area contributed by atoms with Gasteiger partial charge in [-0.1, -0.05) is 12.1 Å². The fourth-order valence-corrected chi connectivity index (χ4v) is 2.02. The van der Waals surface area contributed by atoms with Crippen LogP contribution >= 0.6 is 0 Å². The Bertz CT molecular complexity index is 429. The van der Waals surface area contributed by atoms with Crippen molar-refractivity contribution in [3.8, 4) is 5.75 Å². The van der Waals surface area contributed by atoms with Crippen LogP contribution in [0.15, 0.2) is 24.3 Å². The smallest absolute Gasteiger partial charge is 0.147 e.